The predicted octanol–water partition coefficient (Wildman–Crippen LogP) is 5.59. The van der Waals surface area contributed by atoms with Crippen LogP contribution >= 0.6 is 11.6 Å². The standard InChI is InChI=1S/C29H24ClN5O2/c1-17-12-20(13-26(30)33-17)23-15-24-25(36)14-22(16-32-29(37)19-8-10-21(31-2)11-9-19)34-28(24)35-27(23)18-6-4-3-5-7-18/h3-15,31H,16H2,1-2H3,(H,32,37)(H,34,35,36). The molecule has 0 fully saturated rings. The van der Waals surface area contributed by atoms with Crippen molar-refractivity contribution in [2.45, 2.75) is 13.5 Å². The SMILES string of the molecule is CNc1ccc(C(=O)NCc2cc(=O)c3cc(-c4cc(C)nc(Cl)c4)c(-c4ccccc4)nc3[nH]2)cc1. The number of carbonyl (C=O) groups excluding carboxylic acids is 1. The zero-order valence-electron chi connectivity index (χ0n) is 20.3. The molecule has 7 nitrogen and oxygen atoms in total. The molecule has 8 heteroatoms. The van der Waals surface area contributed by atoms with Gasteiger partial charge in [0.25, 0.3) is 5.91 Å². The zero-order valence-corrected chi connectivity index (χ0v) is 21.1. The summed E-state index contributed by atoms with van der Waals surface area (Å²) in [5, 5.41) is 6.70. The maximum absolute atomic E-state index is 13.1. The number of nitrogens with one attached hydrogen (secondary N) is 3. The van der Waals surface area contributed by atoms with Gasteiger partial charge in [0.2, 0.25) is 0 Å². The fraction of sp³-hybridized carbons (Fsp3) is 0.103. The van der Waals surface area contributed by atoms with Crippen LogP contribution in [0.4, 0.5) is 5.69 Å². The molecule has 0 saturated carbocycles. The Labute approximate surface area is 218 Å². The van der Waals surface area contributed by atoms with E-state index in [4.69, 9.17) is 16.6 Å². The van der Waals surface area contributed by atoms with E-state index in [1.807, 2.05) is 68.6 Å². The highest BCUT2D eigenvalue weighted by Crippen LogP contribution is 2.33. The number of aromatic amines is 1. The largest absolute Gasteiger partial charge is 0.388 e. The number of halogens is 1. The van der Waals surface area contributed by atoms with Crippen molar-refractivity contribution in [2.75, 3.05) is 12.4 Å². The van der Waals surface area contributed by atoms with Crippen LogP contribution in [0.25, 0.3) is 33.4 Å². The van der Waals surface area contributed by atoms with Gasteiger partial charge in [-0.25, -0.2) is 9.97 Å². The van der Waals surface area contributed by atoms with E-state index in [0.29, 0.717) is 33.1 Å². The molecular weight excluding hydrogens is 486 g/mol. The molecule has 0 unspecified atom stereocenters. The Morgan fingerprint density at radius 1 is 0.946 bits per heavy atom. The number of hydrogen-bond donors (Lipinski definition) is 3. The van der Waals surface area contributed by atoms with Gasteiger partial charge in [0, 0.05) is 46.9 Å². The molecule has 0 aliphatic rings. The highest BCUT2D eigenvalue weighted by atomic mass is 35.5. The molecule has 3 N–H and O–H groups in total. The lowest BCUT2D eigenvalue weighted by Gasteiger charge is -2.13. The van der Waals surface area contributed by atoms with Crippen LogP contribution in [0.5, 0.6) is 0 Å². The van der Waals surface area contributed by atoms with Crippen LogP contribution in [0, 0.1) is 6.92 Å². The molecule has 0 radical (unpaired) electrons. The van der Waals surface area contributed by atoms with Gasteiger partial charge >= 0.3 is 0 Å². The molecule has 0 aliphatic heterocycles. The third-order valence-corrected chi connectivity index (χ3v) is 6.22. The normalized spacial score (nSPS) is 10.9. The monoisotopic (exact) mass is 509 g/mol. The molecule has 0 spiro atoms. The van der Waals surface area contributed by atoms with Crippen LogP contribution < -0.4 is 16.1 Å². The van der Waals surface area contributed by atoms with Gasteiger partial charge in [-0.2, -0.15) is 0 Å². The number of H-pyrrole nitrogens is 1. The second-order valence-electron chi connectivity index (χ2n) is 8.64. The Morgan fingerprint density at radius 3 is 2.41 bits per heavy atom. The molecule has 1 amide bonds. The van der Waals surface area contributed by atoms with Crippen LogP contribution in [0.15, 0.2) is 83.7 Å². The summed E-state index contributed by atoms with van der Waals surface area (Å²) in [6.07, 6.45) is 0. The summed E-state index contributed by atoms with van der Waals surface area (Å²) in [5.74, 6) is -0.234. The number of nitrogens with zero attached hydrogens (tertiary/aromatic N) is 2. The number of aryl methyl sites for hydroxylation is 1. The zero-order chi connectivity index (χ0) is 25.9. The smallest absolute Gasteiger partial charge is 0.251 e. The molecule has 37 heavy (non-hydrogen) atoms. The molecule has 3 heterocycles. The Hall–Kier alpha value is -4.49. The molecule has 5 rings (SSSR count). The quantitative estimate of drug-likeness (QED) is 0.259. The number of rotatable bonds is 6. The second kappa shape index (κ2) is 10.2. The van der Waals surface area contributed by atoms with Crippen LogP contribution in [-0.4, -0.2) is 27.9 Å². The van der Waals surface area contributed by atoms with Gasteiger partial charge in [0.1, 0.15) is 10.8 Å². The number of pyridine rings is 3. The lowest BCUT2D eigenvalue weighted by Crippen LogP contribution is -2.24. The summed E-state index contributed by atoms with van der Waals surface area (Å²) in [6, 6.07) is 23.9. The van der Waals surface area contributed by atoms with Gasteiger partial charge < -0.3 is 15.6 Å². The molecule has 0 saturated heterocycles. The number of aromatic nitrogens is 3. The number of benzene rings is 2. The minimum atomic E-state index is -0.234. The highest BCUT2D eigenvalue weighted by Gasteiger charge is 2.15. The summed E-state index contributed by atoms with van der Waals surface area (Å²) >= 11 is 6.25. The first-order chi connectivity index (χ1) is 17.9. The molecular formula is C29H24ClN5O2. The summed E-state index contributed by atoms with van der Waals surface area (Å²) in [5.41, 5.74) is 6.22. The fourth-order valence-corrected chi connectivity index (χ4v) is 4.45. The van der Waals surface area contributed by atoms with E-state index in [1.165, 1.54) is 6.07 Å². The average Bonchev–Trinajstić information content (AvgIpc) is 2.91. The van der Waals surface area contributed by atoms with Crippen LogP contribution in [0.3, 0.4) is 0 Å². The van der Waals surface area contributed by atoms with E-state index < -0.39 is 0 Å². The first kappa shape index (κ1) is 24.2. The molecule has 0 aliphatic carbocycles. The molecule has 5 aromatic rings. The highest BCUT2D eigenvalue weighted by molar-refractivity contribution is 6.29. The van der Waals surface area contributed by atoms with Gasteiger partial charge in [-0.15, -0.1) is 0 Å². The van der Waals surface area contributed by atoms with E-state index in [9.17, 15) is 9.59 Å². The first-order valence-electron chi connectivity index (χ1n) is 11.7. The van der Waals surface area contributed by atoms with Crippen molar-refractivity contribution in [1.82, 2.24) is 20.3 Å². The average molecular weight is 510 g/mol. The third kappa shape index (κ3) is 5.22. The maximum atomic E-state index is 13.1. The first-order valence-corrected chi connectivity index (χ1v) is 12.1. The van der Waals surface area contributed by atoms with Crippen molar-refractivity contribution < 1.29 is 4.79 Å². The third-order valence-electron chi connectivity index (χ3n) is 6.03. The lowest BCUT2D eigenvalue weighted by molar-refractivity contribution is 0.0950. The lowest BCUT2D eigenvalue weighted by atomic mass is 9.98. The summed E-state index contributed by atoms with van der Waals surface area (Å²) in [6.45, 7) is 2.02. The predicted molar refractivity (Wildman–Crippen MR) is 148 cm³/mol. The Balaban J connectivity index is 1.54. The number of fused-ring (bicyclic) bond motifs is 1. The van der Waals surface area contributed by atoms with Crippen molar-refractivity contribution in [3.63, 3.8) is 0 Å². The van der Waals surface area contributed by atoms with Crippen molar-refractivity contribution >= 4 is 34.2 Å². The minimum Gasteiger partial charge on any atom is -0.388 e. The van der Waals surface area contributed by atoms with E-state index in [1.54, 1.807) is 18.2 Å². The van der Waals surface area contributed by atoms with Crippen molar-refractivity contribution in [3.05, 3.63) is 111 Å². The summed E-state index contributed by atoms with van der Waals surface area (Å²) in [7, 11) is 1.82. The van der Waals surface area contributed by atoms with E-state index in [0.717, 1.165) is 28.1 Å². The minimum absolute atomic E-state index is 0.154. The maximum Gasteiger partial charge on any atom is 0.251 e. The Kier molecular flexibility index (Phi) is 6.70. The van der Waals surface area contributed by atoms with Gasteiger partial charge in [0.15, 0.2) is 5.43 Å². The topological polar surface area (TPSA) is 99.8 Å². The molecule has 3 aromatic heterocycles. The molecule has 2 aromatic carbocycles. The number of anilines is 1. The van der Waals surface area contributed by atoms with Crippen LogP contribution in [-0.2, 0) is 6.54 Å². The van der Waals surface area contributed by atoms with Gasteiger partial charge in [0.05, 0.1) is 17.6 Å². The second-order valence-corrected chi connectivity index (χ2v) is 9.02. The van der Waals surface area contributed by atoms with E-state index in [-0.39, 0.29) is 17.9 Å². The van der Waals surface area contributed by atoms with Crippen LogP contribution in [0.1, 0.15) is 21.7 Å². The van der Waals surface area contributed by atoms with E-state index >= 15 is 0 Å². The molecule has 0 atom stereocenters. The fourth-order valence-electron chi connectivity index (χ4n) is 4.20. The molecule has 0 bridgehead atoms. The van der Waals surface area contributed by atoms with Crippen molar-refractivity contribution in [1.29, 1.82) is 0 Å². The van der Waals surface area contributed by atoms with Gasteiger partial charge in [-0.3, -0.25) is 9.59 Å². The van der Waals surface area contributed by atoms with E-state index in [2.05, 4.69) is 20.6 Å². The van der Waals surface area contributed by atoms with Gasteiger partial charge in [-0.05, 0) is 55.0 Å². The Morgan fingerprint density at radius 2 is 1.70 bits per heavy atom. The summed E-state index contributed by atoms with van der Waals surface area (Å²) in [4.78, 5) is 38.1. The number of hydrogen-bond acceptors (Lipinski definition) is 5. The number of carbonyl (C=O) groups is 1. The summed E-state index contributed by atoms with van der Waals surface area (Å²) < 4.78 is 0. The molecule has 184 valence electrons. The van der Waals surface area contributed by atoms with Crippen molar-refractivity contribution in [2.24, 2.45) is 0 Å². The van der Waals surface area contributed by atoms with Crippen LogP contribution in [0.2, 0.25) is 5.15 Å². The van der Waals surface area contributed by atoms with Gasteiger partial charge in [-0.1, -0.05) is 41.9 Å². The number of amides is 1. The Bertz CT molecular complexity index is 1640. The van der Waals surface area contributed by atoms with Crippen molar-refractivity contribution in [3.8, 4) is 22.4 Å².